The smallest absolute Gasteiger partial charge is 0.337 e. The molecule has 8 nitrogen and oxygen atoms in total. The Labute approximate surface area is 151 Å². The summed E-state index contributed by atoms with van der Waals surface area (Å²) in [6.45, 7) is 3.24. The Morgan fingerprint density at radius 2 is 2.08 bits per heavy atom. The van der Waals surface area contributed by atoms with E-state index in [0.717, 1.165) is 18.7 Å². The molecule has 1 aliphatic heterocycles. The minimum Gasteiger partial charge on any atom is -0.478 e. The van der Waals surface area contributed by atoms with Crippen molar-refractivity contribution in [2.45, 2.75) is 6.54 Å². The SMILES string of the molecule is O=C(O)c1ccc(CNCOS(=O)(=O)CCN2CCOCC2)cc1Cl. The molecule has 2 rings (SSSR count). The highest BCUT2D eigenvalue weighted by molar-refractivity contribution is 7.86. The molecule has 0 saturated carbocycles. The van der Waals surface area contributed by atoms with E-state index >= 15 is 0 Å². The van der Waals surface area contributed by atoms with Crippen LogP contribution in [0.1, 0.15) is 15.9 Å². The molecular formula is C15H21ClN2O6S. The highest BCUT2D eigenvalue weighted by atomic mass is 35.5. The maximum absolute atomic E-state index is 11.9. The largest absolute Gasteiger partial charge is 0.478 e. The fraction of sp³-hybridized carbons (Fsp3) is 0.533. The average Bonchev–Trinajstić information content (AvgIpc) is 2.58. The molecule has 0 bridgehead atoms. The lowest BCUT2D eigenvalue weighted by Gasteiger charge is -2.26. The van der Waals surface area contributed by atoms with Gasteiger partial charge in [-0.05, 0) is 17.7 Å². The van der Waals surface area contributed by atoms with Gasteiger partial charge >= 0.3 is 5.97 Å². The van der Waals surface area contributed by atoms with E-state index in [1.807, 2.05) is 4.90 Å². The van der Waals surface area contributed by atoms with Gasteiger partial charge in [0.15, 0.2) is 0 Å². The molecule has 0 unspecified atom stereocenters. The van der Waals surface area contributed by atoms with E-state index < -0.39 is 16.1 Å². The fourth-order valence-corrected chi connectivity index (χ4v) is 3.44. The van der Waals surface area contributed by atoms with Gasteiger partial charge in [0.1, 0.15) is 6.73 Å². The molecule has 1 aromatic carbocycles. The van der Waals surface area contributed by atoms with E-state index in [2.05, 4.69) is 5.32 Å². The first-order valence-corrected chi connectivity index (χ1v) is 9.72. The number of carboxylic acids is 1. The first kappa shape index (κ1) is 20.1. The summed E-state index contributed by atoms with van der Waals surface area (Å²) in [4.78, 5) is 12.9. The van der Waals surface area contributed by atoms with E-state index in [1.165, 1.54) is 12.1 Å². The molecule has 2 N–H and O–H groups in total. The van der Waals surface area contributed by atoms with Crippen LogP contribution in [0.2, 0.25) is 5.02 Å². The third-order valence-electron chi connectivity index (χ3n) is 3.69. The third kappa shape index (κ3) is 6.89. The van der Waals surface area contributed by atoms with Crippen molar-refractivity contribution in [3.8, 4) is 0 Å². The summed E-state index contributed by atoms with van der Waals surface area (Å²) in [5, 5.41) is 11.9. The van der Waals surface area contributed by atoms with E-state index in [-0.39, 0.29) is 23.1 Å². The van der Waals surface area contributed by atoms with Gasteiger partial charge in [-0.15, -0.1) is 0 Å². The van der Waals surface area contributed by atoms with Crippen molar-refractivity contribution in [1.29, 1.82) is 0 Å². The van der Waals surface area contributed by atoms with Crippen molar-refractivity contribution < 1.29 is 27.2 Å². The zero-order chi connectivity index (χ0) is 18.3. The molecule has 0 amide bonds. The van der Waals surface area contributed by atoms with E-state index in [1.54, 1.807) is 6.07 Å². The molecule has 0 radical (unpaired) electrons. The topological polar surface area (TPSA) is 105 Å². The molecule has 1 aromatic rings. The normalized spacial score (nSPS) is 16.0. The predicted molar refractivity (Wildman–Crippen MR) is 92.2 cm³/mol. The number of aromatic carboxylic acids is 1. The minimum atomic E-state index is -3.61. The number of carboxylic acid groups (broad SMARTS) is 1. The number of morpholine rings is 1. The van der Waals surface area contributed by atoms with Crippen LogP contribution < -0.4 is 5.32 Å². The maximum atomic E-state index is 11.9. The number of hydrogen-bond acceptors (Lipinski definition) is 7. The van der Waals surface area contributed by atoms with Gasteiger partial charge in [0.25, 0.3) is 10.1 Å². The van der Waals surface area contributed by atoms with Crippen molar-refractivity contribution in [1.82, 2.24) is 10.2 Å². The Bertz CT molecular complexity index is 691. The zero-order valence-corrected chi connectivity index (χ0v) is 15.2. The molecule has 0 aliphatic carbocycles. The summed E-state index contributed by atoms with van der Waals surface area (Å²) in [5.41, 5.74) is 0.747. The van der Waals surface area contributed by atoms with Crippen molar-refractivity contribution in [2.24, 2.45) is 0 Å². The number of nitrogens with one attached hydrogen (secondary N) is 1. The van der Waals surface area contributed by atoms with Crippen molar-refractivity contribution in [3.63, 3.8) is 0 Å². The molecule has 1 heterocycles. The lowest BCUT2D eigenvalue weighted by molar-refractivity contribution is 0.0405. The Balaban J connectivity index is 1.70. The van der Waals surface area contributed by atoms with Crippen LogP contribution >= 0.6 is 11.6 Å². The monoisotopic (exact) mass is 392 g/mol. The van der Waals surface area contributed by atoms with Crippen LogP contribution in [0, 0.1) is 0 Å². The molecule has 25 heavy (non-hydrogen) atoms. The molecule has 1 fully saturated rings. The Hall–Kier alpha value is -1.23. The van der Waals surface area contributed by atoms with Crippen LogP contribution in [0.3, 0.4) is 0 Å². The lowest BCUT2D eigenvalue weighted by atomic mass is 10.1. The van der Waals surface area contributed by atoms with Gasteiger partial charge < -0.3 is 9.84 Å². The number of nitrogens with zero attached hydrogens (tertiary/aromatic N) is 1. The van der Waals surface area contributed by atoms with Gasteiger partial charge in [0.05, 0.1) is 29.6 Å². The number of carbonyl (C=O) groups is 1. The van der Waals surface area contributed by atoms with Gasteiger partial charge in [-0.2, -0.15) is 8.42 Å². The van der Waals surface area contributed by atoms with Crippen LogP contribution in [0.5, 0.6) is 0 Å². The van der Waals surface area contributed by atoms with Crippen LogP contribution in [0.15, 0.2) is 18.2 Å². The number of rotatable bonds is 9. The van der Waals surface area contributed by atoms with Crippen molar-refractivity contribution in [3.05, 3.63) is 34.3 Å². The lowest BCUT2D eigenvalue weighted by Crippen LogP contribution is -2.39. The summed E-state index contributed by atoms with van der Waals surface area (Å²) in [7, 11) is -3.61. The van der Waals surface area contributed by atoms with Crippen LogP contribution in [-0.2, 0) is 25.6 Å². The highest BCUT2D eigenvalue weighted by Crippen LogP contribution is 2.17. The van der Waals surface area contributed by atoms with Crippen LogP contribution in [-0.4, -0.2) is 69.7 Å². The summed E-state index contributed by atoms with van der Waals surface area (Å²) in [6.07, 6.45) is 0. The molecule has 10 heteroatoms. The number of hydrogen-bond donors (Lipinski definition) is 2. The number of ether oxygens (including phenoxy) is 1. The standard InChI is InChI=1S/C15H21ClN2O6S/c16-14-9-12(1-2-13(14)15(19)20)10-17-11-24-25(21,22)8-5-18-3-6-23-7-4-18/h1-2,9,17H,3-8,10-11H2,(H,19,20). The zero-order valence-electron chi connectivity index (χ0n) is 13.6. The van der Waals surface area contributed by atoms with E-state index in [0.29, 0.717) is 26.3 Å². The fourth-order valence-electron chi connectivity index (χ4n) is 2.29. The first-order chi connectivity index (χ1) is 11.9. The van der Waals surface area contributed by atoms with Gasteiger partial charge in [0.2, 0.25) is 0 Å². The Morgan fingerprint density at radius 3 is 2.72 bits per heavy atom. The third-order valence-corrected chi connectivity index (χ3v) is 5.17. The molecule has 0 spiro atoms. The Kier molecular flexibility index (Phi) is 7.60. The number of benzene rings is 1. The van der Waals surface area contributed by atoms with Gasteiger partial charge in [0, 0.05) is 26.2 Å². The van der Waals surface area contributed by atoms with Crippen molar-refractivity contribution >= 4 is 27.7 Å². The van der Waals surface area contributed by atoms with E-state index in [9.17, 15) is 13.2 Å². The Morgan fingerprint density at radius 1 is 1.36 bits per heavy atom. The highest BCUT2D eigenvalue weighted by Gasteiger charge is 2.16. The number of halogens is 1. The molecule has 1 saturated heterocycles. The van der Waals surface area contributed by atoms with Crippen LogP contribution in [0.4, 0.5) is 0 Å². The first-order valence-electron chi connectivity index (χ1n) is 7.77. The molecular weight excluding hydrogens is 372 g/mol. The van der Waals surface area contributed by atoms with Crippen LogP contribution in [0.25, 0.3) is 0 Å². The van der Waals surface area contributed by atoms with Crippen molar-refractivity contribution in [2.75, 3.05) is 45.3 Å². The second-order valence-electron chi connectivity index (χ2n) is 5.52. The second-order valence-corrected chi connectivity index (χ2v) is 7.69. The molecule has 140 valence electrons. The summed E-state index contributed by atoms with van der Waals surface area (Å²) >= 11 is 5.88. The molecule has 1 aliphatic rings. The minimum absolute atomic E-state index is 0.0207. The summed E-state index contributed by atoms with van der Waals surface area (Å²) < 4.78 is 33.8. The average molecular weight is 393 g/mol. The van der Waals surface area contributed by atoms with E-state index in [4.69, 9.17) is 25.6 Å². The van der Waals surface area contributed by atoms with Gasteiger partial charge in [-0.25, -0.2) is 4.79 Å². The maximum Gasteiger partial charge on any atom is 0.337 e. The predicted octanol–water partition coefficient (Wildman–Crippen LogP) is 0.764. The van der Waals surface area contributed by atoms with Gasteiger partial charge in [-0.3, -0.25) is 14.4 Å². The van der Waals surface area contributed by atoms with Gasteiger partial charge in [-0.1, -0.05) is 17.7 Å². The molecule has 0 aromatic heterocycles. The molecule has 0 atom stereocenters. The summed E-state index contributed by atoms with van der Waals surface area (Å²) in [6, 6.07) is 4.53. The summed E-state index contributed by atoms with van der Waals surface area (Å²) in [5.74, 6) is -1.17. The quantitative estimate of drug-likeness (QED) is 0.360. The second kappa shape index (κ2) is 9.46.